The Labute approximate surface area is 122 Å². The summed E-state index contributed by atoms with van der Waals surface area (Å²) in [6.07, 6.45) is 2.83. The van der Waals surface area contributed by atoms with Crippen molar-refractivity contribution in [3.8, 4) is 0 Å². The normalized spacial score (nSPS) is 20.2. The van der Waals surface area contributed by atoms with E-state index in [0.717, 1.165) is 30.6 Å². The molecule has 0 saturated carbocycles. The first-order chi connectivity index (χ1) is 9.41. The molecule has 112 valence electrons. The molecule has 0 amide bonds. The average molecular weight is 319 g/mol. The van der Waals surface area contributed by atoms with Gasteiger partial charge in [-0.05, 0) is 31.4 Å². The van der Waals surface area contributed by atoms with Crippen LogP contribution >= 0.6 is 11.3 Å². The van der Waals surface area contributed by atoms with E-state index in [2.05, 4.69) is 0 Å². The fourth-order valence-corrected chi connectivity index (χ4v) is 4.62. The number of hydrogen-bond donors (Lipinski definition) is 1. The minimum Gasteiger partial charge on any atom is -0.477 e. The van der Waals surface area contributed by atoms with Crippen LogP contribution in [0.2, 0.25) is 0 Å². The zero-order valence-electron chi connectivity index (χ0n) is 11.1. The highest BCUT2D eigenvalue weighted by atomic mass is 32.2. The molecule has 0 aromatic carbocycles. The molecule has 1 aromatic heterocycles. The van der Waals surface area contributed by atoms with E-state index in [0.29, 0.717) is 13.2 Å². The number of likely N-dealkylation sites (N-methyl/N-ethyl adjacent to an activating group) is 1. The lowest BCUT2D eigenvalue weighted by atomic mass is 10.1. The van der Waals surface area contributed by atoms with E-state index < -0.39 is 16.0 Å². The summed E-state index contributed by atoms with van der Waals surface area (Å²) in [5, 5.41) is 8.85. The predicted molar refractivity (Wildman–Crippen MR) is 74.7 cm³/mol. The topological polar surface area (TPSA) is 83.9 Å². The second kappa shape index (κ2) is 6.21. The molecule has 1 unspecified atom stereocenters. The van der Waals surface area contributed by atoms with Gasteiger partial charge in [0.2, 0.25) is 0 Å². The maximum Gasteiger partial charge on any atom is 0.345 e. The van der Waals surface area contributed by atoms with Crippen molar-refractivity contribution in [3.05, 3.63) is 17.0 Å². The van der Waals surface area contributed by atoms with Crippen molar-refractivity contribution in [1.82, 2.24) is 4.31 Å². The zero-order chi connectivity index (χ0) is 14.8. The molecule has 0 radical (unpaired) electrons. The van der Waals surface area contributed by atoms with Crippen molar-refractivity contribution in [1.29, 1.82) is 0 Å². The van der Waals surface area contributed by atoms with Gasteiger partial charge in [0, 0.05) is 20.2 Å². The summed E-state index contributed by atoms with van der Waals surface area (Å²) in [5.41, 5.74) is 0. The maximum atomic E-state index is 12.3. The molecule has 1 aliphatic heterocycles. The lowest BCUT2D eigenvalue weighted by molar-refractivity contribution is 0.00860. The minimum absolute atomic E-state index is 0.0193. The molecule has 1 aliphatic rings. The smallest absolute Gasteiger partial charge is 0.345 e. The summed E-state index contributed by atoms with van der Waals surface area (Å²) in [6.45, 7) is 0.962. The van der Waals surface area contributed by atoms with Crippen molar-refractivity contribution >= 4 is 27.3 Å². The number of ether oxygens (including phenoxy) is 1. The number of rotatable bonds is 5. The molecule has 2 rings (SSSR count). The Bertz CT molecular complexity index is 574. The van der Waals surface area contributed by atoms with Gasteiger partial charge in [0.1, 0.15) is 9.09 Å². The van der Waals surface area contributed by atoms with Gasteiger partial charge in [-0.15, -0.1) is 11.3 Å². The number of sulfonamides is 1. The van der Waals surface area contributed by atoms with Gasteiger partial charge >= 0.3 is 5.97 Å². The van der Waals surface area contributed by atoms with Crippen molar-refractivity contribution in [2.45, 2.75) is 29.6 Å². The van der Waals surface area contributed by atoms with Crippen LogP contribution in [0, 0.1) is 0 Å². The molecule has 8 heteroatoms. The van der Waals surface area contributed by atoms with Gasteiger partial charge in [-0.25, -0.2) is 13.2 Å². The third kappa shape index (κ3) is 3.38. The molecule has 1 N–H and O–H groups in total. The molecule has 0 spiro atoms. The van der Waals surface area contributed by atoms with Crippen LogP contribution in [0.25, 0.3) is 0 Å². The summed E-state index contributed by atoms with van der Waals surface area (Å²) in [5.74, 6) is -1.12. The number of carbonyl (C=O) groups is 1. The number of nitrogens with zero attached hydrogens (tertiary/aromatic N) is 1. The first kappa shape index (κ1) is 15.4. The van der Waals surface area contributed by atoms with Gasteiger partial charge in [-0.1, -0.05) is 0 Å². The highest BCUT2D eigenvalue weighted by Gasteiger charge is 2.27. The minimum atomic E-state index is -3.64. The van der Waals surface area contributed by atoms with Crippen LogP contribution < -0.4 is 0 Å². The molecular weight excluding hydrogens is 302 g/mol. The highest BCUT2D eigenvalue weighted by molar-refractivity contribution is 7.91. The van der Waals surface area contributed by atoms with E-state index in [4.69, 9.17) is 9.84 Å². The van der Waals surface area contributed by atoms with Gasteiger partial charge in [0.05, 0.1) is 6.10 Å². The number of thiophene rings is 1. The van der Waals surface area contributed by atoms with Gasteiger partial charge in [0.15, 0.2) is 0 Å². The van der Waals surface area contributed by atoms with Crippen molar-refractivity contribution in [2.24, 2.45) is 0 Å². The fourth-order valence-electron chi connectivity index (χ4n) is 2.06. The molecule has 1 aromatic rings. The van der Waals surface area contributed by atoms with Crippen LogP contribution in [0.1, 0.15) is 28.9 Å². The summed E-state index contributed by atoms with van der Waals surface area (Å²) >= 11 is 0.768. The number of aromatic carboxylic acids is 1. The van der Waals surface area contributed by atoms with Crippen LogP contribution in [0.4, 0.5) is 0 Å². The molecule has 0 bridgehead atoms. The van der Waals surface area contributed by atoms with E-state index in [1.807, 2.05) is 0 Å². The standard InChI is InChI=1S/C12H17NO5S2/c1-13(8-9-4-2-3-7-18-9)20(16,17)11-6-5-10(19-11)12(14)15/h5-6,9H,2-4,7-8H2,1H3,(H,14,15). The largest absolute Gasteiger partial charge is 0.477 e. The van der Waals surface area contributed by atoms with Gasteiger partial charge in [0.25, 0.3) is 10.0 Å². The van der Waals surface area contributed by atoms with Crippen molar-refractivity contribution in [2.75, 3.05) is 20.2 Å². The Kier molecular flexibility index (Phi) is 4.79. The molecule has 20 heavy (non-hydrogen) atoms. The molecule has 6 nitrogen and oxygen atoms in total. The molecule has 0 aliphatic carbocycles. The second-order valence-corrected chi connectivity index (χ2v) is 8.05. The lowest BCUT2D eigenvalue weighted by Gasteiger charge is -2.26. The quantitative estimate of drug-likeness (QED) is 0.892. The molecule has 1 fully saturated rings. The van der Waals surface area contributed by atoms with Gasteiger partial charge in [-0.3, -0.25) is 0 Å². The fraction of sp³-hybridized carbons (Fsp3) is 0.583. The molecule has 1 saturated heterocycles. The third-order valence-corrected chi connectivity index (χ3v) is 6.56. The number of hydrogen-bond acceptors (Lipinski definition) is 5. The SMILES string of the molecule is CN(CC1CCCCO1)S(=O)(=O)c1ccc(C(=O)O)s1. The molecular formula is C12H17NO5S2. The predicted octanol–water partition coefficient (Wildman–Crippen LogP) is 1.64. The van der Waals surface area contributed by atoms with E-state index in [-0.39, 0.29) is 15.2 Å². The Morgan fingerprint density at radius 1 is 1.50 bits per heavy atom. The first-order valence-electron chi connectivity index (χ1n) is 6.32. The third-order valence-electron chi connectivity index (χ3n) is 3.19. The van der Waals surface area contributed by atoms with Crippen LogP contribution in [-0.2, 0) is 14.8 Å². The van der Waals surface area contributed by atoms with Crippen LogP contribution in [-0.4, -0.2) is 50.1 Å². The second-order valence-electron chi connectivity index (χ2n) is 4.70. The van der Waals surface area contributed by atoms with Crippen LogP contribution in [0.15, 0.2) is 16.3 Å². The Morgan fingerprint density at radius 2 is 2.25 bits per heavy atom. The summed E-state index contributed by atoms with van der Waals surface area (Å²) < 4.78 is 31.5. The summed E-state index contributed by atoms with van der Waals surface area (Å²) in [7, 11) is -2.15. The van der Waals surface area contributed by atoms with E-state index >= 15 is 0 Å². The average Bonchev–Trinajstić information content (AvgIpc) is 2.90. The number of carboxylic acids is 1. The highest BCUT2D eigenvalue weighted by Crippen LogP contribution is 2.25. The van der Waals surface area contributed by atoms with Crippen molar-refractivity contribution < 1.29 is 23.1 Å². The Hall–Kier alpha value is -0.960. The van der Waals surface area contributed by atoms with Crippen LogP contribution in [0.5, 0.6) is 0 Å². The van der Waals surface area contributed by atoms with Gasteiger partial charge in [-0.2, -0.15) is 4.31 Å². The Morgan fingerprint density at radius 3 is 2.80 bits per heavy atom. The summed E-state index contributed by atoms with van der Waals surface area (Å²) in [6, 6.07) is 2.65. The first-order valence-corrected chi connectivity index (χ1v) is 8.58. The molecule has 1 atom stereocenters. The van der Waals surface area contributed by atoms with E-state index in [9.17, 15) is 13.2 Å². The van der Waals surface area contributed by atoms with Crippen molar-refractivity contribution in [3.63, 3.8) is 0 Å². The van der Waals surface area contributed by atoms with Crippen LogP contribution in [0.3, 0.4) is 0 Å². The van der Waals surface area contributed by atoms with Gasteiger partial charge < -0.3 is 9.84 Å². The molecule has 2 heterocycles. The maximum absolute atomic E-state index is 12.3. The number of carboxylic acid groups (broad SMARTS) is 1. The zero-order valence-corrected chi connectivity index (χ0v) is 12.7. The summed E-state index contributed by atoms with van der Waals surface area (Å²) in [4.78, 5) is 10.8. The lowest BCUT2D eigenvalue weighted by Crippen LogP contribution is -2.36. The van der Waals surface area contributed by atoms with E-state index in [1.54, 1.807) is 0 Å². The monoisotopic (exact) mass is 319 g/mol. The van der Waals surface area contributed by atoms with E-state index in [1.165, 1.54) is 23.5 Å². The Balaban J connectivity index is 2.09.